The van der Waals surface area contributed by atoms with Crippen LogP contribution >= 0.6 is 11.6 Å². The summed E-state index contributed by atoms with van der Waals surface area (Å²) in [6, 6.07) is 7.68. The van der Waals surface area contributed by atoms with Crippen molar-refractivity contribution in [1.29, 1.82) is 0 Å². The highest BCUT2D eigenvalue weighted by molar-refractivity contribution is 7.88. The fraction of sp³-hybridized carbons (Fsp3) is 0.625. The Bertz CT molecular complexity index is 551. The van der Waals surface area contributed by atoms with Gasteiger partial charge >= 0.3 is 0 Å². The van der Waals surface area contributed by atoms with Gasteiger partial charge < -0.3 is 0 Å². The number of halogens is 1. The molecule has 0 atom stereocenters. The molecular weight excluding hydrogens is 306 g/mol. The maximum absolute atomic E-state index is 12.6. The van der Waals surface area contributed by atoms with Crippen molar-refractivity contribution in [2.24, 2.45) is 0 Å². The first-order valence-electron chi connectivity index (χ1n) is 7.62. The van der Waals surface area contributed by atoms with Gasteiger partial charge in [-0.15, -0.1) is 11.6 Å². The maximum Gasteiger partial charge on any atom is 0.218 e. The molecule has 0 heterocycles. The minimum atomic E-state index is -3.26. The molecule has 0 N–H and O–H groups in total. The second kappa shape index (κ2) is 7.61. The lowest BCUT2D eigenvalue weighted by molar-refractivity contribution is 0.335. The van der Waals surface area contributed by atoms with Crippen LogP contribution in [0.1, 0.15) is 49.7 Å². The van der Waals surface area contributed by atoms with Crippen LogP contribution in [-0.2, 0) is 21.7 Å². The van der Waals surface area contributed by atoms with Crippen LogP contribution in [0.2, 0.25) is 0 Å². The number of hydrogen-bond donors (Lipinski definition) is 0. The molecule has 1 fully saturated rings. The van der Waals surface area contributed by atoms with Gasteiger partial charge in [-0.25, -0.2) is 12.7 Å². The molecule has 0 aliphatic heterocycles. The van der Waals surface area contributed by atoms with E-state index in [1.165, 1.54) is 12.8 Å². The quantitative estimate of drug-likeness (QED) is 0.606. The molecule has 1 saturated carbocycles. The first-order valence-corrected chi connectivity index (χ1v) is 9.77. The molecule has 1 aliphatic rings. The maximum atomic E-state index is 12.6. The van der Waals surface area contributed by atoms with Gasteiger partial charge in [-0.1, -0.05) is 49.9 Å². The Morgan fingerprint density at radius 3 is 2.38 bits per heavy atom. The van der Waals surface area contributed by atoms with E-state index >= 15 is 0 Å². The minimum Gasteiger partial charge on any atom is -0.212 e. The van der Waals surface area contributed by atoms with Crippen molar-refractivity contribution >= 4 is 21.6 Å². The van der Waals surface area contributed by atoms with Crippen LogP contribution in [0.4, 0.5) is 0 Å². The highest BCUT2D eigenvalue weighted by Crippen LogP contribution is 2.24. The van der Waals surface area contributed by atoms with Crippen molar-refractivity contribution in [2.75, 3.05) is 7.05 Å². The third-order valence-corrected chi connectivity index (χ3v) is 6.45. The summed E-state index contributed by atoms with van der Waals surface area (Å²) in [7, 11) is -1.53. The van der Waals surface area contributed by atoms with Crippen LogP contribution in [0.5, 0.6) is 0 Å². The number of rotatable bonds is 5. The summed E-state index contributed by atoms with van der Waals surface area (Å²) < 4.78 is 26.8. The van der Waals surface area contributed by atoms with Gasteiger partial charge in [-0.05, 0) is 24.0 Å². The molecule has 0 aromatic heterocycles. The highest BCUT2D eigenvalue weighted by atomic mass is 35.5. The van der Waals surface area contributed by atoms with Gasteiger partial charge in [0.25, 0.3) is 0 Å². The van der Waals surface area contributed by atoms with Crippen molar-refractivity contribution in [3.63, 3.8) is 0 Å². The second-order valence-electron chi connectivity index (χ2n) is 5.87. The predicted molar refractivity (Wildman–Crippen MR) is 87.9 cm³/mol. The third kappa shape index (κ3) is 4.70. The van der Waals surface area contributed by atoms with Crippen LogP contribution in [0, 0.1) is 0 Å². The van der Waals surface area contributed by atoms with E-state index < -0.39 is 10.0 Å². The van der Waals surface area contributed by atoms with Gasteiger partial charge in [0.2, 0.25) is 10.0 Å². The summed E-state index contributed by atoms with van der Waals surface area (Å²) in [5, 5.41) is 0. The number of sulfonamides is 1. The standard InChI is InChI=1S/C16H24ClNO2S/c1-18(16-9-4-2-3-5-10-16)21(19,20)13-15-8-6-7-14(11-15)12-17/h6-8,11,16H,2-5,9-10,12-13H2,1H3. The van der Waals surface area contributed by atoms with Crippen LogP contribution in [-0.4, -0.2) is 25.8 Å². The first kappa shape index (κ1) is 16.8. The smallest absolute Gasteiger partial charge is 0.212 e. The molecule has 1 aliphatic carbocycles. The Kier molecular flexibility index (Phi) is 6.08. The molecule has 1 aromatic carbocycles. The van der Waals surface area contributed by atoms with Crippen molar-refractivity contribution in [3.8, 4) is 0 Å². The fourth-order valence-corrected chi connectivity index (χ4v) is 4.60. The predicted octanol–water partition coefficient (Wildman–Crippen LogP) is 3.91. The van der Waals surface area contributed by atoms with E-state index in [1.807, 2.05) is 24.3 Å². The summed E-state index contributed by atoms with van der Waals surface area (Å²) in [6.45, 7) is 0. The van der Waals surface area contributed by atoms with Gasteiger partial charge in [-0.2, -0.15) is 0 Å². The largest absolute Gasteiger partial charge is 0.218 e. The zero-order valence-electron chi connectivity index (χ0n) is 12.6. The van der Waals surface area contributed by atoms with Gasteiger partial charge in [0.15, 0.2) is 0 Å². The molecule has 0 radical (unpaired) electrons. The van der Waals surface area contributed by atoms with Crippen molar-refractivity contribution in [1.82, 2.24) is 4.31 Å². The molecule has 0 spiro atoms. The Morgan fingerprint density at radius 2 is 1.76 bits per heavy atom. The number of alkyl halides is 1. The fourth-order valence-electron chi connectivity index (χ4n) is 2.96. The molecule has 0 saturated heterocycles. The summed E-state index contributed by atoms with van der Waals surface area (Å²) in [4.78, 5) is 0. The lowest BCUT2D eigenvalue weighted by Gasteiger charge is -2.26. The Labute approximate surface area is 133 Å². The summed E-state index contributed by atoms with van der Waals surface area (Å²) in [6.07, 6.45) is 6.68. The van der Waals surface area contributed by atoms with Crippen molar-refractivity contribution in [2.45, 2.75) is 56.2 Å². The Balaban J connectivity index is 2.09. The first-order chi connectivity index (χ1) is 10.0. The van der Waals surface area contributed by atoms with Gasteiger partial charge in [-0.3, -0.25) is 0 Å². The van der Waals surface area contributed by atoms with Gasteiger partial charge in [0.1, 0.15) is 0 Å². The van der Waals surface area contributed by atoms with Crippen LogP contribution in [0.3, 0.4) is 0 Å². The number of benzene rings is 1. The van der Waals surface area contributed by atoms with Crippen LogP contribution in [0.25, 0.3) is 0 Å². The average Bonchev–Trinajstić information content (AvgIpc) is 2.75. The van der Waals surface area contributed by atoms with E-state index in [0.29, 0.717) is 5.88 Å². The lowest BCUT2D eigenvalue weighted by atomic mass is 10.1. The van der Waals surface area contributed by atoms with E-state index in [9.17, 15) is 8.42 Å². The molecule has 0 amide bonds. The molecule has 1 aromatic rings. The zero-order valence-corrected chi connectivity index (χ0v) is 14.2. The number of hydrogen-bond acceptors (Lipinski definition) is 2. The number of nitrogens with zero attached hydrogens (tertiary/aromatic N) is 1. The summed E-state index contributed by atoms with van der Waals surface area (Å²) in [5.41, 5.74) is 1.77. The highest BCUT2D eigenvalue weighted by Gasteiger charge is 2.27. The minimum absolute atomic E-state index is 0.0602. The van der Waals surface area contributed by atoms with E-state index in [-0.39, 0.29) is 11.8 Å². The van der Waals surface area contributed by atoms with Gasteiger partial charge in [0, 0.05) is 19.0 Å². The molecular formula is C16H24ClNO2S. The Hall–Kier alpha value is -0.580. The SMILES string of the molecule is CN(C1CCCCCC1)S(=O)(=O)Cc1cccc(CCl)c1. The van der Waals surface area contributed by atoms with Gasteiger partial charge in [0.05, 0.1) is 5.75 Å². The monoisotopic (exact) mass is 329 g/mol. The molecule has 118 valence electrons. The molecule has 0 unspecified atom stereocenters. The lowest BCUT2D eigenvalue weighted by Crippen LogP contribution is -2.37. The van der Waals surface area contributed by atoms with E-state index in [4.69, 9.17) is 11.6 Å². The topological polar surface area (TPSA) is 37.4 Å². The normalized spacial score (nSPS) is 17.9. The summed E-state index contributed by atoms with van der Waals surface area (Å²) >= 11 is 5.81. The zero-order chi connectivity index (χ0) is 15.3. The molecule has 5 heteroatoms. The summed E-state index contributed by atoms with van der Waals surface area (Å²) in [5.74, 6) is 0.469. The van der Waals surface area contributed by atoms with Crippen molar-refractivity contribution in [3.05, 3.63) is 35.4 Å². The van der Waals surface area contributed by atoms with Crippen molar-refractivity contribution < 1.29 is 8.42 Å². The third-order valence-electron chi connectivity index (χ3n) is 4.27. The molecule has 2 rings (SSSR count). The van der Waals surface area contributed by atoms with E-state index in [2.05, 4.69) is 0 Å². The molecule has 0 bridgehead atoms. The Morgan fingerprint density at radius 1 is 1.14 bits per heavy atom. The van der Waals surface area contributed by atoms with Crippen LogP contribution in [0.15, 0.2) is 24.3 Å². The molecule has 21 heavy (non-hydrogen) atoms. The average molecular weight is 330 g/mol. The molecule has 3 nitrogen and oxygen atoms in total. The van der Waals surface area contributed by atoms with Crippen LogP contribution < -0.4 is 0 Å². The van der Waals surface area contributed by atoms with E-state index in [0.717, 1.165) is 36.8 Å². The van der Waals surface area contributed by atoms with E-state index in [1.54, 1.807) is 11.4 Å². The second-order valence-corrected chi connectivity index (χ2v) is 8.17.